The minimum absolute atomic E-state index is 0.148. The number of hydrogen-bond donors (Lipinski definition) is 2. The van der Waals surface area contributed by atoms with Crippen molar-refractivity contribution < 1.29 is 19.1 Å². The van der Waals surface area contributed by atoms with E-state index in [-0.39, 0.29) is 11.8 Å². The Hall–Kier alpha value is -3.26. The van der Waals surface area contributed by atoms with Crippen LogP contribution in [0, 0.1) is 5.92 Å². The van der Waals surface area contributed by atoms with Crippen molar-refractivity contribution in [3.8, 4) is 0 Å². The molecular weight excluding hydrogens is 402 g/mol. The number of carbonyl (C=O) groups is 3. The van der Waals surface area contributed by atoms with Crippen molar-refractivity contribution in [2.45, 2.75) is 26.3 Å². The molecule has 156 valence electrons. The van der Waals surface area contributed by atoms with Crippen LogP contribution < -0.4 is 10.6 Å². The average Bonchev–Trinajstić information content (AvgIpc) is 3.14. The highest BCUT2D eigenvalue weighted by molar-refractivity contribution is 7.22. The van der Waals surface area contributed by atoms with Gasteiger partial charge in [-0.3, -0.25) is 14.9 Å². The van der Waals surface area contributed by atoms with Crippen molar-refractivity contribution in [3.63, 3.8) is 0 Å². The van der Waals surface area contributed by atoms with E-state index >= 15 is 0 Å². The van der Waals surface area contributed by atoms with Gasteiger partial charge in [0.05, 0.1) is 10.2 Å². The summed E-state index contributed by atoms with van der Waals surface area (Å²) in [7, 11) is 0. The number of hydrogen-bond acceptors (Lipinski definition) is 6. The average molecular weight is 426 g/mol. The van der Waals surface area contributed by atoms with E-state index in [0.717, 1.165) is 10.2 Å². The molecule has 1 atom stereocenters. The molecule has 0 saturated carbocycles. The van der Waals surface area contributed by atoms with Gasteiger partial charge in [-0.2, -0.15) is 0 Å². The number of para-hydroxylation sites is 1. The molecule has 3 aromatic rings. The molecule has 0 aliphatic carbocycles. The zero-order chi connectivity index (χ0) is 21.5. The number of carbonyl (C=O) groups excluding carboxylic acids is 3. The van der Waals surface area contributed by atoms with Crippen LogP contribution in [0.5, 0.6) is 0 Å². The number of amides is 2. The van der Waals surface area contributed by atoms with Crippen LogP contribution in [0.2, 0.25) is 0 Å². The number of nitrogens with zero attached hydrogens (tertiary/aromatic N) is 1. The lowest BCUT2D eigenvalue weighted by Crippen LogP contribution is -2.43. The Kier molecular flexibility index (Phi) is 7.13. The van der Waals surface area contributed by atoms with Crippen molar-refractivity contribution >= 4 is 44.5 Å². The summed E-state index contributed by atoms with van der Waals surface area (Å²) >= 11 is 1.34. The molecule has 2 N–H and O–H groups in total. The molecule has 3 rings (SSSR count). The second-order valence-electron chi connectivity index (χ2n) is 7.16. The molecule has 0 unspecified atom stereocenters. The van der Waals surface area contributed by atoms with Gasteiger partial charge in [0.1, 0.15) is 6.04 Å². The maximum Gasteiger partial charge on any atom is 0.329 e. The predicted molar refractivity (Wildman–Crippen MR) is 116 cm³/mol. The molecular formula is C22H23N3O4S. The minimum atomic E-state index is -0.840. The Morgan fingerprint density at radius 3 is 2.43 bits per heavy atom. The highest BCUT2D eigenvalue weighted by Crippen LogP contribution is 2.25. The molecule has 1 heterocycles. The third-order valence-electron chi connectivity index (χ3n) is 4.22. The Morgan fingerprint density at radius 1 is 1.03 bits per heavy atom. The van der Waals surface area contributed by atoms with Gasteiger partial charge in [-0.25, -0.2) is 9.78 Å². The van der Waals surface area contributed by atoms with Crippen LogP contribution in [0.25, 0.3) is 10.2 Å². The SMILES string of the molecule is CC(C)C[C@@H](NC(=O)c1ccccc1)C(=O)OCC(=O)Nc1nc2ccccc2s1. The van der Waals surface area contributed by atoms with E-state index in [1.807, 2.05) is 38.1 Å². The second-order valence-corrected chi connectivity index (χ2v) is 8.19. The maximum atomic E-state index is 12.5. The summed E-state index contributed by atoms with van der Waals surface area (Å²) in [4.78, 5) is 41.4. The molecule has 0 aliphatic heterocycles. The molecule has 30 heavy (non-hydrogen) atoms. The zero-order valence-corrected chi connectivity index (χ0v) is 17.6. The number of esters is 1. The summed E-state index contributed by atoms with van der Waals surface area (Å²) in [6.45, 7) is 3.42. The maximum absolute atomic E-state index is 12.5. The topological polar surface area (TPSA) is 97.4 Å². The summed E-state index contributed by atoms with van der Waals surface area (Å²) in [5, 5.41) is 5.78. The van der Waals surface area contributed by atoms with Crippen LogP contribution in [0.3, 0.4) is 0 Å². The van der Waals surface area contributed by atoms with Crippen LogP contribution in [0.4, 0.5) is 5.13 Å². The molecule has 0 bridgehead atoms. The first-order valence-electron chi connectivity index (χ1n) is 9.60. The highest BCUT2D eigenvalue weighted by Gasteiger charge is 2.24. The molecule has 0 aliphatic rings. The van der Waals surface area contributed by atoms with Gasteiger partial charge in [0, 0.05) is 5.56 Å². The monoisotopic (exact) mass is 425 g/mol. The van der Waals surface area contributed by atoms with Crippen molar-refractivity contribution in [1.82, 2.24) is 10.3 Å². The van der Waals surface area contributed by atoms with Crippen molar-refractivity contribution in [1.29, 1.82) is 0 Å². The molecule has 2 amide bonds. The lowest BCUT2D eigenvalue weighted by molar-refractivity contribution is -0.149. The second kappa shape index (κ2) is 9.98. The van der Waals surface area contributed by atoms with Crippen molar-refractivity contribution in [2.75, 3.05) is 11.9 Å². The quantitative estimate of drug-likeness (QED) is 0.537. The van der Waals surface area contributed by atoms with Crippen molar-refractivity contribution in [3.05, 3.63) is 60.2 Å². The number of anilines is 1. The zero-order valence-electron chi connectivity index (χ0n) is 16.8. The Bertz CT molecular complexity index is 1000. The van der Waals surface area contributed by atoms with Gasteiger partial charge in [0.2, 0.25) is 0 Å². The van der Waals surface area contributed by atoms with Crippen LogP contribution in [0.15, 0.2) is 54.6 Å². The summed E-state index contributed by atoms with van der Waals surface area (Å²) in [6.07, 6.45) is 0.400. The van der Waals surface area contributed by atoms with E-state index < -0.39 is 24.5 Å². The summed E-state index contributed by atoms with van der Waals surface area (Å²) in [5.41, 5.74) is 1.24. The molecule has 0 saturated heterocycles. The summed E-state index contributed by atoms with van der Waals surface area (Å²) in [5.74, 6) is -1.35. The first-order valence-corrected chi connectivity index (χ1v) is 10.4. The van der Waals surface area contributed by atoms with Crippen molar-refractivity contribution in [2.24, 2.45) is 5.92 Å². The third kappa shape index (κ3) is 5.87. The van der Waals surface area contributed by atoms with E-state index in [4.69, 9.17) is 4.74 Å². The highest BCUT2D eigenvalue weighted by atomic mass is 32.1. The molecule has 2 aromatic carbocycles. The number of thiazole rings is 1. The van der Waals surface area contributed by atoms with Gasteiger partial charge in [0.25, 0.3) is 11.8 Å². The van der Waals surface area contributed by atoms with Gasteiger partial charge in [-0.15, -0.1) is 0 Å². The van der Waals surface area contributed by atoms with E-state index in [2.05, 4.69) is 15.6 Å². The lowest BCUT2D eigenvalue weighted by atomic mass is 10.0. The fourth-order valence-electron chi connectivity index (χ4n) is 2.83. The van der Waals surface area contributed by atoms with Gasteiger partial charge in [0.15, 0.2) is 11.7 Å². The van der Waals surface area contributed by atoms with E-state index in [0.29, 0.717) is 17.1 Å². The number of nitrogens with one attached hydrogen (secondary N) is 2. The smallest absolute Gasteiger partial charge is 0.329 e. The third-order valence-corrected chi connectivity index (χ3v) is 5.17. The van der Waals surface area contributed by atoms with Gasteiger partial charge >= 0.3 is 5.97 Å². The summed E-state index contributed by atoms with van der Waals surface area (Å²) < 4.78 is 6.11. The molecule has 7 nitrogen and oxygen atoms in total. The molecule has 0 radical (unpaired) electrons. The molecule has 0 spiro atoms. The van der Waals surface area contributed by atoms with Crippen LogP contribution >= 0.6 is 11.3 Å². The number of fused-ring (bicyclic) bond motifs is 1. The standard InChI is InChI=1S/C22H23N3O4S/c1-14(2)12-17(23-20(27)15-8-4-3-5-9-15)21(28)29-13-19(26)25-22-24-16-10-6-7-11-18(16)30-22/h3-11,14,17H,12-13H2,1-2H3,(H,23,27)(H,24,25,26)/t17-/m1/s1. The first-order chi connectivity index (χ1) is 14.4. The minimum Gasteiger partial charge on any atom is -0.454 e. The van der Waals surface area contributed by atoms with Gasteiger partial charge in [-0.1, -0.05) is 55.5 Å². The number of aromatic nitrogens is 1. The van der Waals surface area contributed by atoms with E-state index in [1.54, 1.807) is 30.3 Å². The summed E-state index contributed by atoms with van der Waals surface area (Å²) in [6, 6.07) is 15.3. The molecule has 8 heteroatoms. The Labute approximate surface area is 178 Å². The normalized spacial score (nSPS) is 11.8. The Balaban J connectivity index is 1.56. The van der Waals surface area contributed by atoms with Gasteiger partial charge < -0.3 is 10.1 Å². The van der Waals surface area contributed by atoms with E-state index in [9.17, 15) is 14.4 Å². The number of benzene rings is 2. The number of rotatable bonds is 8. The number of ether oxygens (including phenoxy) is 1. The fourth-order valence-corrected chi connectivity index (χ4v) is 3.72. The first kappa shape index (κ1) is 21.4. The largest absolute Gasteiger partial charge is 0.454 e. The fraction of sp³-hybridized carbons (Fsp3) is 0.273. The van der Waals surface area contributed by atoms with E-state index in [1.165, 1.54) is 11.3 Å². The molecule has 1 aromatic heterocycles. The van der Waals surface area contributed by atoms with Crippen LogP contribution in [-0.4, -0.2) is 35.4 Å². The predicted octanol–water partition coefficient (Wildman–Crippen LogP) is 3.62. The van der Waals surface area contributed by atoms with Crippen LogP contribution in [-0.2, 0) is 14.3 Å². The Morgan fingerprint density at radius 2 is 1.73 bits per heavy atom. The van der Waals surface area contributed by atoms with Gasteiger partial charge in [-0.05, 0) is 36.6 Å². The molecule has 0 fully saturated rings. The van der Waals surface area contributed by atoms with Crippen LogP contribution in [0.1, 0.15) is 30.6 Å². The lowest BCUT2D eigenvalue weighted by Gasteiger charge is -2.19.